The second-order valence-electron chi connectivity index (χ2n) is 3.88. The predicted octanol–water partition coefficient (Wildman–Crippen LogP) is 4.78. The van der Waals surface area contributed by atoms with Gasteiger partial charge in [0.05, 0.1) is 0 Å². The van der Waals surface area contributed by atoms with E-state index in [0.29, 0.717) is 5.88 Å². The van der Waals surface area contributed by atoms with Crippen LogP contribution in [0.1, 0.15) is 18.1 Å². The van der Waals surface area contributed by atoms with Crippen molar-refractivity contribution < 1.29 is 4.74 Å². The van der Waals surface area contributed by atoms with Gasteiger partial charge in [0.1, 0.15) is 11.5 Å². The molecular weight excluding hydrogens is 232 g/mol. The summed E-state index contributed by atoms with van der Waals surface area (Å²) in [7, 11) is 0. The predicted molar refractivity (Wildman–Crippen MR) is 71.9 cm³/mol. The topological polar surface area (TPSA) is 9.23 Å². The van der Waals surface area contributed by atoms with E-state index in [1.807, 2.05) is 36.4 Å². The largest absolute Gasteiger partial charge is 0.457 e. The molecule has 0 fully saturated rings. The van der Waals surface area contributed by atoms with Crippen LogP contribution in [0, 0.1) is 0 Å². The monoisotopic (exact) mass is 246 g/mol. The third kappa shape index (κ3) is 3.24. The van der Waals surface area contributed by atoms with E-state index in [-0.39, 0.29) is 0 Å². The molecule has 0 unspecified atom stereocenters. The highest BCUT2D eigenvalue weighted by molar-refractivity contribution is 6.17. The first-order chi connectivity index (χ1) is 8.31. The summed E-state index contributed by atoms with van der Waals surface area (Å²) in [5, 5.41) is 0. The third-order valence-corrected chi connectivity index (χ3v) is 2.95. The Kier molecular flexibility index (Phi) is 4.05. The first-order valence-corrected chi connectivity index (χ1v) is 6.27. The number of alkyl halides is 1. The van der Waals surface area contributed by atoms with Crippen LogP contribution >= 0.6 is 11.6 Å². The van der Waals surface area contributed by atoms with Gasteiger partial charge in [-0.2, -0.15) is 0 Å². The fraction of sp³-hybridized carbons (Fsp3) is 0.200. The standard InChI is InChI=1S/C15H15ClO/c1-2-12-3-7-14(8-4-12)17-15-9-5-13(11-16)6-10-15/h3-10H,2,11H2,1H3. The molecule has 0 spiro atoms. The summed E-state index contributed by atoms with van der Waals surface area (Å²) in [5.74, 6) is 2.23. The fourth-order valence-electron chi connectivity index (χ4n) is 1.58. The number of hydrogen-bond acceptors (Lipinski definition) is 1. The van der Waals surface area contributed by atoms with Gasteiger partial charge in [0, 0.05) is 5.88 Å². The molecule has 2 aromatic rings. The molecule has 0 aromatic heterocycles. The van der Waals surface area contributed by atoms with Crippen molar-refractivity contribution in [1.82, 2.24) is 0 Å². The molecule has 0 saturated heterocycles. The van der Waals surface area contributed by atoms with Gasteiger partial charge in [-0.1, -0.05) is 31.2 Å². The van der Waals surface area contributed by atoms with Crippen molar-refractivity contribution in [3.8, 4) is 11.5 Å². The van der Waals surface area contributed by atoms with Crippen LogP contribution in [-0.4, -0.2) is 0 Å². The van der Waals surface area contributed by atoms with E-state index in [1.54, 1.807) is 0 Å². The Morgan fingerprint density at radius 1 is 0.824 bits per heavy atom. The zero-order valence-corrected chi connectivity index (χ0v) is 10.6. The molecule has 17 heavy (non-hydrogen) atoms. The minimum Gasteiger partial charge on any atom is -0.457 e. The van der Waals surface area contributed by atoms with Crippen LogP contribution in [0.25, 0.3) is 0 Å². The van der Waals surface area contributed by atoms with Crippen molar-refractivity contribution >= 4 is 11.6 Å². The summed E-state index contributed by atoms with van der Waals surface area (Å²) in [4.78, 5) is 0. The van der Waals surface area contributed by atoms with Crippen LogP contribution in [0.3, 0.4) is 0 Å². The number of ether oxygens (including phenoxy) is 1. The highest BCUT2D eigenvalue weighted by Gasteiger charge is 1.97. The Hall–Kier alpha value is -1.47. The van der Waals surface area contributed by atoms with Gasteiger partial charge in [-0.3, -0.25) is 0 Å². The molecule has 0 amide bonds. The van der Waals surface area contributed by atoms with E-state index >= 15 is 0 Å². The lowest BCUT2D eigenvalue weighted by Crippen LogP contribution is -1.86. The zero-order chi connectivity index (χ0) is 12.1. The summed E-state index contributed by atoms with van der Waals surface area (Å²) in [5.41, 5.74) is 2.41. The molecule has 0 aliphatic rings. The highest BCUT2D eigenvalue weighted by atomic mass is 35.5. The molecule has 0 heterocycles. The Bertz CT molecular complexity index is 414. The molecule has 2 aromatic carbocycles. The summed E-state index contributed by atoms with van der Waals surface area (Å²) in [6, 6.07) is 16.0. The van der Waals surface area contributed by atoms with Crippen LogP contribution in [0.5, 0.6) is 11.5 Å². The molecular formula is C15H15ClO. The minimum absolute atomic E-state index is 0.533. The maximum absolute atomic E-state index is 5.73. The molecule has 0 radical (unpaired) electrons. The second-order valence-corrected chi connectivity index (χ2v) is 4.14. The Balaban J connectivity index is 2.08. The van der Waals surface area contributed by atoms with Crippen molar-refractivity contribution in [3.63, 3.8) is 0 Å². The summed E-state index contributed by atoms with van der Waals surface area (Å²) in [6.07, 6.45) is 1.05. The number of aryl methyl sites for hydroxylation is 1. The van der Waals surface area contributed by atoms with Crippen molar-refractivity contribution in [3.05, 3.63) is 59.7 Å². The molecule has 0 aliphatic carbocycles. The average molecular weight is 247 g/mol. The van der Waals surface area contributed by atoms with Gasteiger partial charge < -0.3 is 4.74 Å². The summed E-state index contributed by atoms with van der Waals surface area (Å²) < 4.78 is 5.73. The van der Waals surface area contributed by atoms with E-state index in [9.17, 15) is 0 Å². The van der Waals surface area contributed by atoms with Gasteiger partial charge in [0.2, 0.25) is 0 Å². The van der Waals surface area contributed by atoms with Gasteiger partial charge in [-0.25, -0.2) is 0 Å². The van der Waals surface area contributed by atoms with E-state index < -0.39 is 0 Å². The lowest BCUT2D eigenvalue weighted by atomic mass is 10.2. The molecule has 0 saturated carbocycles. The van der Waals surface area contributed by atoms with Crippen LogP contribution in [0.4, 0.5) is 0 Å². The fourth-order valence-corrected chi connectivity index (χ4v) is 1.75. The normalized spacial score (nSPS) is 10.2. The number of benzene rings is 2. The van der Waals surface area contributed by atoms with E-state index in [2.05, 4.69) is 19.1 Å². The molecule has 88 valence electrons. The second kappa shape index (κ2) is 5.74. The number of hydrogen-bond donors (Lipinski definition) is 0. The minimum atomic E-state index is 0.533. The molecule has 2 rings (SSSR count). The first kappa shape index (κ1) is 12.0. The molecule has 0 bridgehead atoms. The summed E-state index contributed by atoms with van der Waals surface area (Å²) >= 11 is 5.73. The number of halogens is 1. The molecule has 1 nitrogen and oxygen atoms in total. The highest BCUT2D eigenvalue weighted by Crippen LogP contribution is 2.22. The van der Waals surface area contributed by atoms with E-state index in [4.69, 9.17) is 16.3 Å². The quantitative estimate of drug-likeness (QED) is 0.706. The first-order valence-electron chi connectivity index (χ1n) is 5.73. The van der Waals surface area contributed by atoms with Crippen LogP contribution in [0.15, 0.2) is 48.5 Å². The van der Waals surface area contributed by atoms with Gasteiger partial charge >= 0.3 is 0 Å². The Labute approximate surface area is 107 Å². The van der Waals surface area contributed by atoms with E-state index in [1.165, 1.54) is 5.56 Å². The van der Waals surface area contributed by atoms with Crippen LogP contribution in [-0.2, 0) is 12.3 Å². The SMILES string of the molecule is CCc1ccc(Oc2ccc(CCl)cc2)cc1. The smallest absolute Gasteiger partial charge is 0.127 e. The van der Waals surface area contributed by atoms with Gasteiger partial charge in [0.15, 0.2) is 0 Å². The van der Waals surface area contributed by atoms with E-state index in [0.717, 1.165) is 23.5 Å². The lowest BCUT2D eigenvalue weighted by Gasteiger charge is -2.06. The number of rotatable bonds is 4. The van der Waals surface area contributed by atoms with Gasteiger partial charge in [0.25, 0.3) is 0 Å². The zero-order valence-electron chi connectivity index (χ0n) is 9.82. The molecule has 2 heteroatoms. The molecule has 0 atom stereocenters. The van der Waals surface area contributed by atoms with Crippen LogP contribution in [0.2, 0.25) is 0 Å². The van der Waals surface area contributed by atoms with Crippen LogP contribution < -0.4 is 4.74 Å². The maximum atomic E-state index is 5.73. The Morgan fingerprint density at radius 3 is 1.71 bits per heavy atom. The average Bonchev–Trinajstić information content (AvgIpc) is 2.40. The van der Waals surface area contributed by atoms with Crippen molar-refractivity contribution in [2.45, 2.75) is 19.2 Å². The third-order valence-electron chi connectivity index (χ3n) is 2.64. The van der Waals surface area contributed by atoms with Crippen molar-refractivity contribution in [2.75, 3.05) is 0 Å². The van der Waals surface area contributed by atoms with Gasteiger partial charge in [-0.05, 0) is 41.8 Å². The lowest BCUT2D eigenvalue weighted by molar-refractivity contribution is 0.482. The maximum Gasteiger partial charge on any atom is 0.127 e. The van der Waals surface area contributed by atoms with Gasteiger partial charge in [-0.15, -0.1) is 11.6 Å². The molecule has 0 aliphatic heterocycles. The van der Waals surface area contributed by atoms with Crippen molar-refractivity contribution in [2.24, 2.45) is 0 Å². The Morgan fingerprint density at radius 2 is 1.29 bits per heavy atom. The molecule has 0 N–H and O–H groups in total. The van der Waals surface area contributed by atoms with Crippen molar-refractivity contribution in [1.29, 1.82) is 0 Å². The summed E-state index contributed by atoms with van der Waals surface area (Å²) in [6.45, 7) is 2.14.